The molecule has 0 aliphatic rings. The Labute approximate surface area is 108 Å². The van der Waals surface area contributed by atoms with Gasteiger partial charge in [-0.3, -0.25) is 4.79 Å². The minimum absolute atomic E-state index is 0.0685. The summed E-state index contributed by atoms with van der Waals surface area (Å²) in [4.78, 5) is 11.7. The van der Waals surface area contributed by atoms with Gasteiger partial charge in [-0.05, 0) is 17.7 Å². The van der Waals surface area contributed by atoms with E-state index in [9.17, 15) is 9.18 Å². The Bertz CT molecular complexity index is 373. The number of amides is 1. The molecule has 1 atom stereocenters. The van der Waals surface area contributed by atoms with Crippen molar-refractivity contribution in [3.05, 3.63) is 35.6 Å². The fourth-order valence-electron chi connectivity index (χ4n) is 1.44. The second kappa shape index (κ2) is 7.40. The SMILES string of the molecule is COCC(CBr)NC(=O)Cc1cccc(F)c1. The van der Waals surface area contributed by atoms with Crippen molar-refractivity contribution in [2.45, 2.75) is 12.5 Å². The standard InChI is InChI=1S/C12H15BrFNO2/c1-17-8-11(7-13)15-12(16)6-9-3-2-4-10(14)5-9/h2-5,11H,6-8H2,1H3,(H,15,16). The molecule has 0 aromatic heterocycles. The van der Waals surface area contributed by atoms with Crippen LogP contribution >= 0.6 is 15.9 Å². The summed E-state index contributed by atoms with van der Waals surface area (Å²) in [7, 11) is 1.58. The van der Waals surface area contributed by atoms with Gasteiger partial charge in [-0.2, -0.15) is 0 Å². The van der Waals surface area contributed by atoms with Gasteiger partial charge in [-0.15, -0.1) is 0 Å². The fraction of sp³-hybridized carbons (Fsp3) is 0.417. The van der Waals surface area contributed by atoms with Gasteiger partial charge in [0.1, 0.15) is 5.82 Å². The van der Waals surface area contributed by atoms with Crippen LogP contribution in [0.4, 0.5) is 4.39 Å². The van der Waals surface area contributed by atoms with Crippen LogP contribution < -0.4 is 5.32 Å². The maximum atomic E-state index is 12.9. The lowest BCUT2D eigenvalue weighted by Crippen LogP contribution is -2.40. The Morgan fingerprint density at radius 3 is 2.94 bits per heavy atom. The monoisotopic (exact) mass is 303 g/mol. The van der Waals surface area contributed by atoms with Crippen LogP contribution in [0.1, 0.15) is 5.56 Å². The molecule has 0 aliphatic carbocycles. The number of carbonyl (C=O) groups is 1. The van der Waals surface area contributed by atoms with E-state index in [0.717, 1.165) is 0 Å². The highest BCUT2D eigenvalue weighted by Crippen LogP contribution is 2.04. The first-order valence-corrected chi connectivity index (χ1v) is 6.36. The van der Waals surface area contributed by atoms with Crippen LogP contribution in [-0.2, 0) is 16.0 Å². The molecule has 1 rings (SSSR count). The zero-order valence-electron chi connectivity index (χ0n) is 9.58. The van der Waals surface area contributed by atoms with Crippen molar-refractivity contribution in [2.75, 3.05) is 19.0 Å². The molecule has 0 saturated heterocycles. The molecule has 5 heteroatoms. The van der Waals surface area contributed by atoms with Crippen molar-refractivity contribution in [2.24, 2.45) is 0 Å². The van der Waals surface area contributed by atoms with Crippen LogP contribution in [-0.4, -0.2) is 31.0 Å². The van der Waals surface area contributed by atoms with Crippen molar-refractivity contribution in [1.29, 1.82) is 0 Å². The normalized spacial score (nSPS) is 12.2. The molecule has 0 aliphatic heterocycles. The van der Waals surface area contributed by atoms with Gasteiger partial charge in [-0.25, -0.2) is 4.39 Å². The molecule has 1 N–H and O–H groups in total. The van der Waals surface area contributed by atoms with E-state index in [2.05, 4.69) is 21.2 Å². The highest BCUT2D eigenvalue weighted by Gasteiger charge is 2.11. The second-order valence-corrected chi connectivity index (χ2v) is 4.33. The molecule has 1 unspecified atom stereocenters. The van der Waals surface area contributed by atoms with E-state index in [0.29, 0.717) is 17.5 Å². The number of hydrogen-bond donors (Lipinski definition) is 1. The Kier molecular flexibility index (Phi) is 6.15. The molecule has 94 valence electrons. The number of rotatable bonds is 6. The molecule has 17 heavy (non-hydrogen) atoms. The molecular formula is C12H15BrFNO2. The number of ether oxygens (including phenoxy) is 1. The summed E-state index contributed by atoms with van der Waals surface area (Å²) in [5, 5.41) is 3.42. The topological polar surface area (TPSA) is 38.3 Å². The van der Waals surface area contributed by atoms with Crippen LogP contribution in [0.2, 0.25) is 0 Å². The van der Waals surface area contributed by atoms with Gasteiger partial charge < -0.3 is 10.1 Å². The van der Waals surface area contributed by atoms with Gasteiger partial charge >= 0.3 is 0 Å². The summed E-state index contributed by atoms with van der Waals surface area (Å²) >= 11 is 3.29. The summed E-state index contributed by atoms with van der Waals surface area (Å²) in [5.41, 5.74) is 0.660. The zero-order valence-corrected chi connectivity index (χ0v) is 11.2. The zero-order chi connectivity index (χ0) is 12.7. The smallest absolute Gasteiger partial charge is 0.224 e. The predicted molar refractivity (Wildman–Crippen MR) is 67.7 cm³/mol. The maximum Gasteiger partial charge on any atom is 0.224 e. The highest BCUT2D eigenvalue weighted by molar-refractivity contribution is 9.09. The molecule has 0 fully saturated rings. The number of nitrogens with one attached hydrogen (secondary N) is 1. The molecule has 1 aromatic rings. The Morgan fingerprint density at radius 1 is 1.59 bits per heavy atom. The average molecular weight is 304 g/mol. The van der Waals surface area contributed by atoms with E-state index >= 15 is 0 Å². The van der Waals surface area contributed by atoms with E-state index in [4.69, 9.17) is 4.74 Å². The number of alkyl halides is 1. The van der Waals surface area contributed by atoms with Crippen molar-refractivity contribution >= 4 is 21.8 Å². The van der Waals surface area contributed by atoms with E-state index in [1.54, 1.807) is 19.2 Å². The van der Waals surface area contributed by atoms with E-state index in [-0.39, 0.29) is 24.2 Å². The lowest BCUT2D eigenvalue weighted by Gasteiger charge is -2.15. The molecule has 0 bridgehead atoms. The second-order valence-electron chi connectivity index (χ2n) is 3.68. The fourth-order valence-corrected chi connectivity index (χ4v) is 1.79. The first-order valence-electron chi connectivity index (χ1n) is 5.24. The average Bonchev–Trinajstić information content (AvgIpc) is 2.28. The van der Waals surface area contributed by atoms with Crippen LogP contribution in [0.15, 0.2) is 24.3 Å². The number of hydrogen-bond acceptors (Lipinski definition) is 2. The third-order valence-electron chi connectivity index (χ3n) is 2.17. The largest absolute Gasteiger partial charge is 0.383 e. The van der Waals surface area contributed by atoms with Crippen molar-refractivity contribution < 1.29 is 13.9 Å². The molecule has 0 radical (unpaired) electrons. The molecule has 0 heterocycles. The number of carbonyl (C=O) groups excluding carboxylic acids is 1. The Hall–Kier alpha value is -0.940. The molecule has 1 aromatic carbocycles. The van der Waals surface area contributed by atoms with Gasteiger partial charge in [0.25, 0.3) is 0 Å². The first-order chi connectivity index (χ1) is 8.15. The number of methoxy groups -OCH3 is 1. The summed E-state index contributed by atoms with van der Waals surface area (Å²) in [6.07, 6.45) is 0.172. The Morgan fingerprint density at radius 2 is 2.35 bits per heavy atom. The predicted octanol–water partition coefficient (Wildman–Crippen LogP) is 1.89. The van der Waals surface area contributed by atoms with Gasteiger partial charge in [0.15, 0.2) is 0 Å². The van der Waals surface area contributed by atoms with Crippen molar-refractivity contribution in [3.63, 3.8) is 0 Å². The quantitative estimate of drug-likeness (QED) is 0.815. The van der Waals surface area contributed by atoms with Crippen LogP contribution in [0.5, 0.6) is 0 Å². The van der Waals surface area contributed by atoms with Crippen molar-refractivity contribution in [3.8, 4) is 0 Å². The minimum atomic E-state index is -0.329. The van der Waals surface area contributed by atoms with Gasteiger partial charge in [0.2, 0.25) is 5.91 Å². The third-order valence-corrected chi connectivity index (χ3v) is 2.95. The highest BCUT2D eigenvalue weighted by atomic mass is 79.9. The van der Waals surface area contributed by atoms with E-state index in [1.807, 2.05) is 0 Å². The maximum absolute atomic E-state index is 12.9. The first kappa shape index (κ1) is 14.1. The molecular weight excluding hydrogens is 289 g/mol. The van der Waals surface area contributed by atoms with E-state index in [1.165, 1.54) is 12.1 Å². The van der Waals surface area contributed by atoms with Gasteiger partial charge in [-0.1, -0.05) is 28.1 Å². The lowest BCUT2D eigenvalue weighted by molar-refractivity contribution is -0.121. The lowest BCUT2D eigenvalue weighted by atomic mass is 10.1. The summed E-state index contributed by atoms with van der Waals surface area (Å²) < 4.78 is 17.9. The molecule has 0 saturated carbocycles. The number of halogens is 2. The van der Waals surface area contributed by atoms with Gasteiger partial charge in [0, 0.05) is 12.4 Å². The van der Waals surface area contributed by atoms with Gasteiger partial charge in [0.05, 0.1) is 19.1 Å². The van der Waals surface area contributed by atoms with Crippen LogP contribution in [0.3, 0.4) is 0 Å². The van der Waals surface area contributed by atoms with Crippen LogP contribution in [0.25, 0.3) is 0 Å². The molecule has 3 nitrogen and oxygen atoms in total. The van der Waals surface area contributed by atoms with Crippen LogP contribution in [0, 0.1) is 5.82 Å². The minimum Gasteiger partial charge on any atom is -0.383 e. The van der Waals surface area contributed by atoms with Crippen molar-refractivity contribution in [1.82, 2.24) is 5.32 Å². The Balaban J connectivity index is 2.49. The molecule has 1 amide bonds. The molecule has 0 spiro atoms. The number of benzene rings is 1. The summed E-state index contributed by atoms with van der Waals surface area (Å²) in [6.45, 7) is 0.445. The summed E-state index contributed by atoms with van der Waals surface area (Å²) in [6, 6.07) is 5.96. The van der Waals surface area contributed by atoms with E-state index < -0.39 is 0 Å². The summed E-state index contributed by atoms with van der Waals surface area (Å²) in [5.74, 6) is -0.471. The third kappa shape index (κ3) is 5.28.